The first-order valence-corrected chi connectivity index (χ1v) is 16.5. The summed E-state index contributed by atoms with van der Waals surface area (Å²) in [4.78, 5) is 1.60. The van der Waals surface area contributed by atoms with E-state index in [4.69, 9.17) is 0 Å². The Labute approximate surface area is 221 Å². The summed E-state index contributed by atoms with van der Waals surface area (Å²) < 4.78 is 31.0. The first kappa shape index (κ1) is 37.0. The zero-order valence-electron chi connectivity index (χ0n) is 24.2. The summed E-state index contributed by atoms with van der Waals surface area (Å²) in [5.41, 5.74) is 0. The van der Waals surface area contributed by atoms with Crippen LogP contribution in [0.15, 0.2) is 0 Å². The van der Waals surface area contributed by atoms with Crippen LogP contribution in [-0.2, 0) is 14.6 Å². The Hall–Kier alpha value is -0.170. The van der Waals surface area contributed by atoms with Gasteiger partial charge in [-0.05, 0) is 12.8 Å². The molecule has 6 heteroatoms. The minimum absolute atomic E-state index is 0.808. The van der Waals surface area contributed by atoms with Crippen LogP contribution in [0.2, 0.25) is 0 Å². The second-order valence-corrected chi connectivity index (χ2v) is 11.8. The largest absolute Gasteiger partial charge is 0.726 e. The van der Waals surface area contributed by atoms with Crippen molar-refractivity contribution >= 4 is 10.4 Å². The molecule has 5 nitrogen and oxygen atoms in total. The van der Waals surface area contributed by atoms with Crippen LogP contribution in [0.4, 0.5) is 0 Å². The molecule has 0 unspecified atom stereocenters. The number of hydrogen-bond donors (Lipinski definition) is 1. The number of quaternary nitrogens is 1. The number of rotatable bonds is 26. The fourth-order valence-electron chi connectivity index (χ4n) is 4.44. The maximum atomic E-state index is 9.22. The Balaban J connectivity index is 0. The van der Waals surface area contributed by atoms with Crippen LogP contribution in [0.25, 0.3) is 0 Å². The van der Waals surface area contributed by atoms with Crippen LogP contribution >= 0.6 is 0 Å². The van der Waals surface area contributed by atoms with Gasteiger partial charge in [-0.1, -0.05) is 148 Å². The van der Waals surface area contributed by atoms with Gasteiger partial charge in [0.1, 0.15) is 0 Å². The van der Waals surface area contributed by atoms with Gasteiger partial charge in [0, 0.05) is 0 Å². The van der Waals surface area contributed by atoms with Gasteiger partial charge < -0.3 is 9.45 Å². The highest BCUT2D eigenvalue weighted by molar-refractivity contribution is 7.80. The Morgan fingerprint density at radius 1 is 0.514 bits per heavy atom. The Morgan fingerprint density at radius 2 is 0.714 bits per heavy atom. The number of hydrogen-bond acceptors (Lipinski definition) is 4. The fourth-order valence-corrected chi connectivity index (χ4v) is 4.44. The van der Waals surface area contributed by atoms with Gasteiger partial charge in [-0.25, -0.2) is 8.42 Å². The zero-order valence-corrected chi connectivity index (χ0v) is 25.0. The van der Waals surface area contributed by atoms with E-state index in [-0.39, 0.29) is 0 Å². The molecule has 0 bridgehead atoms. The van der Waals surface area contributed by atoms with Crippen LogP contribution in [-0.4, -0.2) is 40.7 Å². The minimum atomic E-state index is -4.41. The highest BCUT2D eigenvalue weighted by atomic mass is 32.3. The summed E-state index contributed by atoms with van der Waals surface area (Å²) in [6.07, 6.45) is 35.4. The fraction of sp³-hybridized carbons (Fsp3) is 1.00. The molecule has 35 heavy (non-hydrogen) atoms. The summed E-state index contributed by atoms with van der Waals surface area (Å²) in [6, 6.07) is 0. The predicted octanol–water partition coefficient (Wildman–Crippen LogP) is 7.61. The highest BCUT2D eigenvalue weighted by Crippen LogP contribution is 2.15. The van der Waals surface area contributed by atoms with Crippen LogP contribution in [0.5, 0.6) is 0 Å². The second-order valence-electron chi connectivity index (χ2n) is 10.7. The van der Waals surface area contributed by atoms with E-state index in [1.165, 1.54) is 161 Å². The molecule has 0 heterocycles. The quantitative estimate of drug-likeness (QED) is 0.0722. The molecule has 0 spiro atoms. The summed E-state index contributed by atoms with van der Waals surface area (Å²) in [5, 5.41) is 0. The van der Waals surface area contributed by atoms with E-state index in [0.717, 1.165) is 7.11 Å². The lowest BCUT2D eigenvalue weighted by molar-refractivity contribution is -0.858. The van der Waals surface area contributed by atoms with E-state index in [1.807, 2.05) is 0 Å². The zero-order chi connectivity index (χ0) is 26.5. The Morgan fingerprint density at radius 3 is 0.886 bits per heavy atom. The van der Waals surface area contributed by atoms with Crippen molar-refractivity contribution in [2.45, 2.75) is 161 Å². The molecular weight excluding hydrogens is 458 g/mol. The molecule has 214 valence electrons. The monoisotopic (exact) mass is 521 g/mol. The van der Waals surface area contributed by atoms with Gasteiger partial charge in [-0.3, -0.25) is 4.18 Å². The van der Waals surface area contributed by atoms with Crippen molar-refractivity contribution in [2.24, 2.45) is 0 Å². The molecule has 0 rings (SSSR count). The van der Waals surface area contributed by atoms with Gasteiger partial charge in [0.15, 0.2) is 0 Å². The van der Waals surface area contributed by atoms with E-state index in [9.17, 15) is 13.0 Å². The molecule has 0 amide bonds. The molecule has 0 aromatic carbocycles. The summed E-state index contributed by atoms with van der Waals surface area (Å²) in [6.45, 7) is 3.65. The molecule has 0 saturated carbocycles. The molecule has 0 aromatic rings. The van der Waals surface area contributed by atoms with E-state index >= 15 is 0 Å². The van der Waals surface area contributed by atoms with Gasteiger partial charge >= 0.3 is 0 Å². The first-order valence-electron chi connectivity index (χ1n) is 15.1. The van der Waals surface area contributed by atoms with Gasteiger partial charge in [0.25, 0.3) is 0 Å². The van der Waals surface area contributed by atoms with Crippen molar-refractivity contribution in [1.29, 1.82) is 0 Å². The van der Waals surface area contributed by atoms with Gasteiger partial charge in [-0.2, -0.15) is 0 Å². The molecular formula is C29H63NO4S. The van der Waals surface area contributed by atoms with E-state index < -0.39 is 10.4 Å². The van der Waals surface area contributed by atoms with Crippen molar-refractivity contribution in [3.63, 3.8) is 0 Å². The molecule has 0 aliphatic carbocycles. The third-order valence-corrected chi connectivity index (χ3v) is 7.14. The van der Waals surface area contributed by atoms with Gasteiger partial charge in [0.2, 0.25) is 10.4 Å². The Kier molecular flexibility index (Phi) is 31.8. The average Bonchev–Trinajstić information content (AvgIpc) is 2.81. The van der Waals surface area contributed by atoms with Crippen LogP contribution in [0.3, 0.4) is 0 Å². The van der Waals surface area contributed by atoms with E-state index in [2.05, 4.69) is 25.2 Å². The number of unbranched alkanes of at least 4 members (excludes halogenated alkanes) is 23. The summed E-state index contributed by atoms with van der Waals surface area (Å²) in [7, 11) is 0.921. The maximum Gasteiger partial charge on any atom is 0.217 e. The topological polar surface area (TPSA) is 70.9 Å². The third kappa shape index (κ3) is 41.2. The molecule has 0 aliphatic heterocycles. The lowest BCUT2D eigenvalue weighted by atomic mass is 10.0. The molecule has 0 radical (unpaired) electrons. The first-order chi connectivity index (χ1) is 16.8. The normalized spacial score (nSPS) is 11.6. The van der Waals surface area contributed by atoms with Crippen LogP contribution in [0, 0.1) is 0 Å². The molecule has 0 atom stereocenters. The average molecular weight is 522 g/mol. The SMILES string of the molecule is CCCCCCCCCCCCCCCCCCCCCCCCCC[NH+](C)C.COS(=O)(=O)[O-]. The third-order valence-electron chi connectivity index (χ3n) is 6.73. The van der Waals surface area contributed by atoms with Crippen molar-refractivity contribution in [2.75, 3.05) is 27.7 Å². The Bertz CT molecular complexity index is 483. The van der Waals surface area contributed by atoms with Crippen molar-refractivity contribution in [3.05, 3.63) is 0 Å². The number of nitrogens with one attached hydrogen (secondary N) is 1. The van der Waals surface area contributed by atoms with Gasteiger partial charge in [0.05, 0.1) is 27.7 Å². The lowest BCUT2D eigenvalue weighted by Gasteiger charge is -2.06. The van der Waals surface area contributed by atoms with Crippen molar-refractivity contribution < 1.29 is 22.1 Å². The molecule has 0 saturated heterocycles. The van der Waals surface area contributed by atoms with Crippen molar-refractivity contribution in [1.82, 2.24) is 0 Å². The molecule has 1 N–H and O–H groups in total. The van der Waals surface area contributed by atoms with Crippen LogP contribution < -0.4 is 4.90 Å². The standard InChI is InChI=1S/C28H59N.CH4O4S/c1-4-5-6-7-8-9-10-11-12-13-14-15-16-17-18-19-20-21-22-23-24-25-26-27-28-29(2)3;1-5-6(2,3)4/h4-28H2,1-3H3;1H3,(H,2,3,4). The summed E-state index contributed by atoms with van der Waals surface area (Å²) in [5.74, 6) is 0. The molecule has 0 aromatic heterocycles. The highest BCUT2D eigenvalue weighted by Gasteiger charge is 1.97. The van der Waals surface area contributed by atoms with E-state index in [0.29, 0.717) is 0 Å². The van der Waals surface area contributed by atoms with Crippen LogP contribution in [0.1, 0.15) is 161 Å². The molecule has 0 fully saturated rings. The maximum absolute atomic E-state index is 9.22. The second kappa shape index (κ2) is 30.1. The summed E-state index contributed by atoms with van der Waals surface area (Å²) >= 11 is 0. The minimum Gasteiger partial charge on any atom is -0.726 e. The van der Waals surface area contributed by atoms with Crippen molar-refractivity contribution in [3.8, 4) is 0 Å². The van der Waals surface area contributed by atoms with E-state index in [1.54, 1.807) is 4.90 Å². The molecule has 0 aliphatic rings. The van der Waals surface area contributed by atoms with Gasteiger partial charge in [-0.15, -0.1) is 0 Å². The smallest absolute Gasteiger partial charge is 0.217 e. The lowest BCUT2D eigenvalue weighted by Crippen LogP contribution is -3.05. The predicted molar refractivity (Wildman–Crippen MR) is 151 cm³/mol.